The zero-order valence-corrected chi connectivity index (χ0v) is 17.3. The van der Waals surface area contributed by atoms with Crippen molar-refractivity contribution in [2.75, 3.05) is 7.05 Å². The average molecular weight is 449 g/mol. The van der Waals surface area contributed by atoms with Crippen LogP contribution in [0.3, 0.4) is 0 Å². The minimum atomic E-state index is -1.18. The van der Waals surface area contributed by atoms with Crippen molar-refractivity contribution in [3.63, 3.8) is 0 Å². The predicted molar refractivity (Wildman–Crippen MR) is 108 cm³/mol. The Balaban J connectivity index is 1.70. The van der Waals surface area contributed by atoms with Crippen LogP contribution in [0.5, 0.6) is 5.75 Å². The Morgan fingerprint density at radius 2 is 1.72 bits per heavy atom. The van der Waals surface area contributed by atoms with Gasteiger partial charge < -0.3 is 19.9 Å². The predicted octanol–water partition coefficient (Wildman–Crippen LogP) is 2.86. The van der Waals surface area contributed by atoms with E-state index in [1.54, 1.807) is 7.05 Å². The molecule has 0 saturated heterocycles. The molecule has 2 aliphatic rings. The summed E-state index contributed by atoms with van der Waals surface area (Å²) >= 11 is 0. The number of nitrogens with one attached hydrogen (secondary N) is 1. The lowest BCUT2D eigenvalue weighted by molar-refractivity contribution is 0.0568. The molecule has 170 valence electrons. The van der Waals surface area contributed by atoms with Crippen molar-refractivity contribution in [3.05, 3.63) is 62.8 Å². The lowest BCUT2D eigenvalue weighted by Crippen LogP contribution is -2.49. The van der Waals surface area contributed by atoms with E-state index < -0.39 is 58.1 Å². The quantitative estimate of drug-likeness (QED) is 0.754. The van der Waals surface area contributed by atoms with E-state index in [4.69, 9.17) is 0 Å². The molecule has 1 fully saturated rings. The van der Waals surface area contributed by atoms with Crippen LogP contribution in [0.15, 0.2) is 23.1 Å². The summed E-state index contributed by atoms with van der Waals surface area (Å²) in [6, 6.07) is 0.606. The summed E-state index contributed by atoms with van der Waals surface area (Å²) in [5, 5.41) is 12.7. The van der Waals surface area contributed by atoms with Crippen molar-refractivity contribution < 1.29 is 27.9 Å². The number of amides is 2. The first kappa shape index (κ1) is 21.9. The number of nitrogens with zero attached hydrogens (tertiary/aromatic N) is 2. The van der Waals surface area contributed by atoms with Gasteiger partial charge in [0, 0.05) is 37.5 Å². The Bertz CT molecular complexity index is 1140. The number of aromatic hydroxyl groups is 1. The lowest BCUT2D eigenvalue weighted by atomic mass is 9.96. The smallest absolute Gasteiger partial charge is 0.274 e. The van der Waals surface area contributed by atoms with Gasteiger partial charge in [-0.05, 0) is 12.8 Å². The number of benzene rings is 1. The van der Waals surface area contributed by atoms with Gasteiger partial charge in [0.1, 0.15) is 23.0 Å². The first-order valence-electron chi connectivity index (χ1n) is 10.4. The number of hydrogen-bond acceptors (Lipinski definition) is 4. The largest absolute Gasteiger partial charge is 0.503 e. The van der Waals surface area contributed by atoms with Gasteiger partial charge in [0.2, 0.25) is 5.43 Å². The lowest BCUT2D eigenvalue weighted by Gasteiger charge is -2.41. The van der Waals surface area contributed by atoms with Gasteiger partial charge in [0.25, 0.3) is 11.8 Å². The monoisotopic (exact) mass is 449 g/mol. The zero-order chi connectivity index (χ0) is 23.2. The highest BCUT2D eigenvalue weighted by molar-refractivity contribution is 5.99. The molecule has 0 bridgehead atoms. The number of carbonyl (C=O) groups is 2. The number of halogens is 3. The summed E-state index contributed by atoms with van der Waals surface area (Å²) in [5.41, 5.74) is -2.24. The third-order valence-corrected chi connectivity index (χ3v) is 6.31. The van der Waals surface area contributed by atoms with Crippen LogP contribution in [-0.4, -0.2) is 39.5 Å². The van der Waals surface area contributed by atoms with Gasteiger partial charge in [0.05, 0.1) is 12.1 Å². The van der Waals surface area contributed by atoms with Crippen molar-refractivity contribution in [2.24, 2.45) is 0 Å². The molecule has 1 aliphatic carbocycles. The maximum absolute atomic E-state index is 13.9. The summed E-state index contributed by atoms with van der Waals surface area (Å²) in [6.45, 7) is -0.632. The number of rotatable bonds is 3. The molecule has 10 heteroatoms. The highest BCUT2D eigenvalue weighted by Crippen LogP contribution is 2.37. The fourth-order valence-corrected chi connectivity index (χ4v) is 4.62. The van der Waals surface area contributed by atoms with Crippen molar-refractivity contribution in [3.8, 4) is 5.75 Å². The zero-order valence-electron chi connectivity index (χ0n) is 17.3. The van der Waals surface area contributed by atoms with E-state index in [0.717, 1.165) is 25.7 Å². The first-order valence-corrected chi connectivity index (χ1v) is 10.4. The van der Waals surface area contributed by atoms with Crippen LogP contribution >= 0.6 is 0 Å². The van der Waals surface area contributed by atoms with Gasteiger partial charge in [-0.25, -0.2) is 13.2 Å². The second-order valence-electron chi connectivity index (χ2n) is 8.20. The van der Waals surface area contributed by atoms with Gasteiger partial charge in [-0.15, -0.1) is 0 Å². The molecule has 1 aromatic carbocycles. The number of fused-ring (bicyclic) bond motifs is 3. The highest BCUT2D eigenvalue weighted by atomic mass is 19.1. The standard InChI is InChI=1S/C22H22F3N3O4/c1-27-16-5-3-2-4-6-17(16)28-10-13(19(29)20(30)18(28)22(27)32)21(31)26-9-12-14(24)7-11(23)8-15(12)25/h7-8,10,16-17,30H,2-6,9H2,1H3,(H,26,31)/t16-,17-/m1/s1. The van der Waals surface area contributed by atoms with E-state index >= 15 is 0 Å². The molecule has 2 atom stereocenters. The Labute approximate surface area is 181 Å². The Kier molecular flexibility index (Phi) is 5.70. The summed E-state index contributed by atoms with van der Waals surface area (Å²) < 4.78 is 42.3. The number of aromatic nitrogens is 1. The number of likely N-dealkylation sites (N-methyl/N-ethyl adjacent to an activating group) is 1. The Morgan fingerprint density at radius 1 is 1.09 bits per heavy atom. The first-order chi connectivity index (χ1) is 15.2. The fraction of sp³-hybridized carbons (Fsp3) is 0.409. The van der Waals surface area contributed by atoms with Crippen LogP contribution < -0.4 is 10.7 Å². The van der Waals surface area contributed by atoms with E-state index in [-0.39, 0.29) is 17.8 Å². The molecular formula is C22H22F3N3O4. The number of pyridine rings is 1. The molecule has 2 aromatic rings. The normalized spacial score (nSPS) is 20.4. The van der Waals surface area contributed by atoms with Crippen LogP contribution in [0.2, 0.25) is 0 Å². The summed E-state index contributed by atoms with van der Waals surface area (Å²) in [4.78, 5) is 39.7. The van der Waals surface area contributed by atoms with Crippen LogP contribution in [0.4, 0.5) is 13.2 Å². The Morgan fingerprint density at radius 3 is 2.38 bits per heavy atom. The molecule has 1 aliphatic heterocycles. The van der Waals surface area contributed by atoms with Gasteiger partial charge in [-0.3, -0.25) is 14.4 Å². The van der Waals surface area contributed by atoms with Crippen molar-refractivity contribution in [1.82, 2.24) is 14.8 Å². The average Bonchev–Trinajstić information content (AvgIpc) is 2.99. The molecule has 2 heterocycles. The molecule has 0 unspecified atom stereocenters. The molecule has 2 N–H and O–H groups in total. The maximum Gasteiger partial charge on any atom is 0.274 e. The third kappa shape index (κ3) is 3.63. The molecule has 1 aromatic heterocycles. The summed E-state index contributed by atoms with van der Waals surface area (Å²) in [6.07, 6.45) is 5.49. The van der Waals surface area contributed by atoms with Crippen LogP contribution in [0.1, 0.15) is 64.6 Å². The van der Waals surface area contributed by atoms with E-state index in [0.29, 0.717) is 18.6 Å². The van der Waals surface area contributed by atoms with E-state index in [2.05, 4.69) is 5.32 Å². The van der Waals surface area contributed by atoms with Crippen LogP contribution in [0, 0.1) is 17.5 Å². The highest BCUT2D eigenvalue weighted by Gasteiger charge is 2.40. The summed E-state index contributed by atoms with van der Waals surface area (Å²) in [7, 11) is 1.63. The minimum absolute atomic E-state index is 0.141. The minimum Gasteiger partial charge on any atom is -0.503 e. The van der Waals surface area contributed by atoms with E-state index in [1.807, 2.05) is 0 Å². The SMILES string of the molecule is CN1C(=O)c2c(O)c(=O)c(C(=O)NCc3c(F)cc(F)cc3F)cn2[C@@H]2CCCCC[C@H]21. The van der Waals surface area contributed by atoms with Crippen molar-refractivity contribution in [2.45, 2.75) is 50.7 Å². The van der Waals surface area contributed by atoms with Crippen molar-refractivity contribution in [1.29, 1.82) is 0 Å². The topological polar surface area (TPSA) is 91.6 Å². The molecule has 4 rings (SSSR count). The molecule has 0 spiro atoms. The van der Waals surface area contributed by atoms with Crippen LogP contribution in [0.25, 0.3) is 0 Å². The van der Waals surface area contributed by atoms with Crippen LogP contribution in [-0.2, 0) is 6.54 Å². The number of carbonyl (C=O) groups excluding carboxylic acids is 2. The summed E-state index contributed by atoms with van der Waals surface area (Å²) in [5.74, 6) is -5.77. The second kappa shape index (κ2) is 8.33. The third-order valence-electron chi connectivity index (χ3n) is 6.31. The maximum atomic E-state index is 13.9. The number of hydrogen-bond donors (Lipinski definition) is 2. The van der Waals surface area contributed by atoms with Crippen molar-refractivity contribution >= 4 is 11.8 Å². The fourth-order valence-electron chi connectivity index (χ4n) is 4.62. The second-order valence-corrected chi connectivity index (χ2v) is 8.20. The van der Waals surface area contributed by atoms with Gasteiger partial charge in [-0.1, -0.05) is 19.3 Å². The van der Waals surface area contributed by atoms with E-state index in [9.17, 15) is 32.7 Å². The molecule has 2 amide bonds. The molecule has 32 heavy (non-hydrogen) atoms. The molecule has 0 radical (unpaired) electrons. The van der Waals surface area contributed by atoms with Gasteiger partial charge >= 0.3 is 0 Å². The molecule has 1 saturated carbocycles. The van der Waals surface area contributed by atoms with E-state index in [1.165, 1.54) is 15.7 Å². The Hall–Kier alpha value is -3.30. The van der Waals surface area contributed by atoms with Gasteiger partial charge in [-0.2, -0.15) is 0 Å². The molecular weight excluding hydrogens is 427 g/mol. The molecule has 7 nitrogen and oxygen atoms in total. The van der Waals surface area contributed by atoms with Gasteiger partial charge in [0.15, 0.2) is 11.4 Å².